The molecule has 0 heterocycles. The Morgan fingerprint density at radius 1 is 1.55 bits per heavy atom. The molecule has 0 aliphatic heterocycles. The number of non-ortho nitro benzene ring substituents is 1. The molecule has 1 aromatic carbocycles. The van der Waals surface area contributed by atoms with Gasteiger partial charge in [0.05, 0.1) is 0 Å². The first-order valence-corrected chi connectivity index (χ1v) is 4.05. The Morgan fingerprint density at radius 3 is 2.64 bits per heavy atom. The van der Waals surface area contributed by atoms with Gasteiger partial charge in [-0.25, -0.2) is 0 Å². The molecule has 1 unspecified atom stereocenters. The van der Waals surface area contributed by atoms with Crippen LogP contribution in [0.1, 0.15) is 0 Å². The number of hydrogen-bond acceptors (Lipinski definition) is 3. The van der Waals surface area contributed by atoms with Crippen molar-refractivity contribution in [3.8, 4) is 5.75 Å². The first kappa shape index (κ1) is 8.08. The minimum absolute atomic E-state index is 0.0159. The molecule has 0 aliphatic rings. The fourth-order valence-electron chi connectivity index (χ4n) is 0.655. The van der Waals surface area contributed by atoms with E-state index in [1.807, 2.05) is 0 Å². The van der Waals surface area contributed by atoms with Crippen molar-refractivity contribution in [3.05, 3.63) is 28.3 Å². The summed E-state index contributed by atoms with van der Waals surface area (Å²) in [4.78, 5) is 9.71. The summed E-state index contributed by atoms with van der Waals surface area (Å²) in [6.45, 7) is 0. The van der Waals surface area contributed by atoms with E-state index in [1.165, 1.54) is 18.2 Å². The molecule has 0 spiro atoms. The van der Waals surface area contributed by atoms with Crippen LogP contribution in [-0.4, -0.2) is 26.9 Å². The Labute approximate surface area is 71.5 Å². The summed E-state index contributed by atoms with van der Waals surface area (Å²) in [5.41, 5.74) is 0.0159. The molecule has 0 saturated carbocycles. The zero-order valence-electron chi connectivity index (χ0n) is 5.52. The van der Waals surface area contributed by atoms with Crippen molar-refractivity contribution in [2.24, 2.45) is 0 Å². The first-order valence-electron chi connectivity index (χ1n) is 2.84. The van der Waals surface area contributed by atoms with Crippen molar-refractivity contribution in [1.29, 1.82) is 0 Å². The van der Waals surface area contributed by atoms with Crippen molar-refractivity contribution in [2.75, 3.05) is 0 Å². The molecule has 0 aliphatic carbocycles. The number of nitro benzene ring substituents is 1. The van der Waals surface area contributed by atoms with Crippen LogP contribution in [0.5, 0.6) is 5.75 Å². The monoisotopic (exact) mass is 215 g/mol. The van der Waals surface area contributed by atoms with Gasteiger partial charge in [-0.05, 0) is 0 Å². The van der Waals surface area contributed by atoms with E-state index in [1.54, 1.807) is 0 Å². The maximum atomic E-state index is 10.2. The van der Waals surface area contributed by atoms with Crippen LogP contribution in [0, 0.1) is 10.1 Å². The minimum atomic E-state index is -0.484. The summed E-state index contributed by atoms with van der Waals surface area (Å²) in [6, 6.07) is 3.96. The van der Waals surface area contributed by atoms with Crippen LogP contribution in [-0.2, 0) is 0 Å². The van der Waals surface area contributed by atoms with Crippen LogP contribution >= 0.6 is 0 Å². The molecule has 1 rings (SSSR count). The number of benzene rings is 1. The van der Waals surface area contributed by atoms with Gasteiger partial charge in [0.1, 0.15) is 0 Å². The SMILES string of the molecule is O=[N+]([O-])c1ccc(O)c([AsH2])c1. The average Bonchev–Trinajstić information content (AvgIpc) is 1.94. The summed E-state index contributed by atoms with van der Waals surface area (Å²) in [6.07, 6.45) is 0. The van der Waals surface area contributed by atoms with Crippen molar-refractivity contribution < 1.29 is 10.0 Å². The Morgan fingerprint density at radius 2 is 2.18 bits per heavy atom. The third-order valence-electron chi connectivity index (χ3n) is 1.22. The van der Waals surface area contributed by atoms with Crippen LogP contribution in [0.4, 0.5) is 5.69 Å². The van der Waals surface area contributed by atoms with E-state index in [0.717, 1.165) is 16.9 Å². The zero-order chi connectivity index (χ0) is 8.43. The molecule has 0 bridgehead atoms. The molecular formula is C6H6AsNO3. The maximum absolute atomic E-state index is 10.2. The molecule has 4 nitrogen and oxygen atoms in total. The van der Waals surface area contributed by atoms with E-state index in [4.69, 9.17) is 5.11 Å². The summed E-state index contributed by atoms with van der Waals surface area (Å²) in [5.74, 6) is 0.107. The topological polar surface area (TPSA) is 63.4 Å². The van der Waals surface area contributed by atoms with E-state index in [0.29, 0.717) is 4.35 Å². The predicted octanol–water partition coefficient (Wildman–Crippen LogP) is -0.441. The average molecular weight is 215 g/mol. The van der Waals surface area contributed by atoms with Crippen LogP contribution in [0.25, 0.3) is 0 Å². The quantitative estimate of drug-likeness (QED) is 0.392. The third-order valence-corrected chi connectivity index (χ3v) is 2.19. The molecule has 0 saturated heterocycles. The van der Waals surface area contributed by atoms with Gasteiger partial charge in [0.15, 0.2) is 0 Å². The van der Waals surface area contributed by atoms with Gasteiger partial charge in [-0.1, -0.05) is 0 Å². The molecule has 0 fully saturated rings. The Kier molecular flexibility index (Phi) is 2.15. The standard InChI is InChI=1S/C6H6AsNO3/c7-5-3-4(8(10)11)1-2-6(5)9/h1-3,9H,7H2. The van der Waals surface area contributed by atoms with Crippen molar-refractivity contribution >= 4 is 26.9 Å². The number of phenolic OH excluding ortho intramolecular Hbond substituents is 1. The van der Waals surface area contributed by atoms with Crippen molar-refractivity contribution in [2.45, 2.75) is 0 Å². The predicted molar refractivity (Wildman–Crippen MR) is 42.9 cm³/mol. The number of aromatic hydroxyl groups is 1. The Hall–Kier alpha value is -1.02. The van der Waals surface area contributed by atoms with E-state index >= 15 is 0 Å². The summed E-state index contributed by atoms with van der Waals surface area (Å²) >= 11 is 1.16. The number of nitro groups is 1. The second-order valence-corrected chi connectivity index (χ2v) is 3.31. The second-order valence-electron chi connectivity index (χ2n) is 2.00. The number of phenols is 1. The molecule has 11 heavy (non-hydrogen) atoms. The summed E-state index contributed by atoms with van der Waals surface area (Å²) < 4.78 is 0.576. The molecule has 58 valence electrons. The van der Waals surface area contributed by atoms with E-state index in [9.17, 15) is 10.1 Å². The number of nitrogens with zero attached hydrogens (tertiary/aromatic N) is 1. The normalized spacial score (nSPS) is 9.55. The number of hydrogen-bond donors (Lipinski definition) is 1. The zero-order valence-corrected chi connectivity index (χ0v) is 7.94. The first-order chi connectivity index (χ1) is 5.11. The van der Waals surface area contributed by atoms with Gasteiger partial charge >= 0.3 is 71.0 Å². The molecule has 1 N–H and O–H groups in total. The van der Waals surface area contributed by atoms with Crippen LogP contribution < -0.4 is 4.35 Å². The van der Waals surface area contributed by atoms with Crippen LogP contribution in [0.15, 0.2) is 18.2 Å². The van der Waals surface area contributed by atoms with Gasteiger partial charge in [0.2, 0.25) is 0 Å². The Balaban J connectivity index is 3.15. The molecule has 0 radical (unpaired) electrons. The van der Waals surface area contributed by atoms with Gasteiger partial charge in [0, 0.05) is 0 Å². The van der Waals surface area contributed by atoms with E-state index in [-0.39, 0.29) is 11.4 Å². The van der Waals surface area contributed by atoms with Gasteiger partial charge < -0.3 is 0 Å². The van der Waals surface area contributed by atoms with Crippen molar-refractivity contribution in [1.82, 2.24) is 0 Å². The Bertz CT molecular complexity index is 300. The fourth-order valence-corrected chi connectivity index (χ4v) is 1.22. The van der Waals surface area contributed by atoms with Gasteiger partial charge in [0.25, 0.3) is 0 Å². The molecule has 5 heteroatoms. The summed E-state index contributed by atoms with van der Waals surface area (Å²) in [7, 11) is 0. The molecule has 1 atom stereocenters. The third kappa shape index (κ3) is 1.71. The van der Waals surface area contributed by atoms with Crippen molar-refractivity contribution in [3.63, 3.8) is 0 Å². The second kappa shape index (κ2) is 2.92. The van der Waals surface area contributed by atoms with E-state index in [2.05, 4.69) is 0 Å². The van der Waals surface area contributed by atoms with Crippen LogP contribution in [0.2, 0.25) is 0 Å². The molecule has 0 aromatic heterocycles. The van der Waals surface area contributed by atoms with Gasteiger partial charge in [-0.3, -0.25) is 0 Å². The van der Waals surface area contributed by atoms with Gasteiger partial charge in [-0.15, -0.1) is 0 Å². The fraction of sp³-hybridized carbons (Fsp3) is 0. The molecule has 1 aromatic rings. The van der Waals surface area contributed by atoms with Crippen LogP contribution in [0.3, 0.4) is 0 Å². The van der Waals surface area contributed by atoms with Gasteiger partial charge in [-0.2, -0.15) is 0 Å². The summed E-state index contributed by atoms with van der Waals surface area (Å²) in [5, 5.41) is 19.2. The molecular weight excluding hydrogens is 209 g/mol. The van der Waals surface area contributed by atoms with E-state index < -0.39 is 4.92 Å². The number of rotatable bonds is 1. The molecule has 0 amide bonds.